The number of hydrogen-bond acceptors (Lipinski definition) is 3. The molecule has 0 aromatic carbocycles. The highest BCUT2D eigenvalue weighted by Gasteiger charge is 2.10. The van der Waals surface area contributed by atoms with E-state index in [1.807, 2.05) is 30.8 Å². The third-order valence-corrected chi connectivity index (χ3v) is 2.72. The van der Waals surface area contributed by atoms with Gasteiger partial charge in [0.05, 0.1) is 12.3 Å². The highest BCUT2D eigenvalue weighted by Crippen LogP contribution is 2.17. The lowest BCUT2D eigenvalue weighted by atomic mass is 10.0. The summed E-state index contributed by atoms with van der Waals surface area (Å²) in [6, 6.07) is 1.96. The SMILES string of the molecule is CCn1cc(CC(O)c2cncc(C)c2)cn1. The van der Waals surface area contributed by atoms with Crippen molar-refractivity contribution in [3.63, 3.8) is 0 Å². The monoisotopic (exact) mass is 231 g/mol. The quantitative estimate of drug-likeness (QED) is 0.874. The highest BCUT2D eigenvalue weighted by molar-refractivity contribution is 5.21. The molecular formula is C13H17N3O. The van der Waals surface area contributed by atoms with Crippen LogP contribution in [0.1, 0.15) is 29.7 Å². The zero-order valence-electron chi connectivity index (χ0n) is 10.2. The minimum atomic E-state index is -0.517. The average Bonchev–Trinajstić information content (AvgIpc) is 2.77. The van der Waals surface area contributed by atoms with E-state index in [1.54, 1.807) is 18.6 Å². The summed E-state index contributed by atoms with van der Waals surface area (Å²) in [5.74, 6) is 0. The summed E-state index contributed by atoms with van der Waals surface area (Å²) < 4.78 is 1.86. The molecule has 4 heteroatoms. The molecule has 2 aromatic rings. The molecule has 90 valence electrons. The van der Waals surface area contributed by atoms with Crippen LogP contribution in [0.15, 0.2) is 30.9 Å². The Morgan fingerprint density at radius 2 is 2.18 bits per heavy atom. The molecule has 0 aliphatic rings. The van der Waals surface area contributed by atoms with Crippen molar-refractivity contribution >= 4 is 0 Å². The number of aromatic nitrogens is 3. The Kier molecular flexibility index (Phi) is 3.54. The fourth-order valence-electron chi connectivity index (χ4n) is 1.79. The van der Waals surface area contributed by atoms with E-state index in [1.165, 1.54) is 0 Å². The van der Waals surface area contributed by atoms with Gasteiger partial charge in [-0.2, -0.15) is 5.10 Å². The molecule has 0 amide bonds. The van der Waals surface area contributed by atoms with Crippen LogP contribution in [0.25, 0.3) is 0 Å². The van der Waals surface area contributed by atoms with E-state index in [4.69, 9.17) is 0 Å². The molecule has 1 atom stereocenters. The van der Waals surface area contributed by atoms with Crippen molar-refractivity contribution in [3.05, 3.63) is 47.5 Å². The van der Waals surface area contributed by atoms with E-state index in [0.717, 1.165) is 23.2 Å². The third kappa shape index (κ3) is 2.91. The van der Waals surface area contributed by atoms with E-state index in [2.05, 4.69) is 10.1 Å². The molecule has 17 heavy (non-hydrogen) atoms. The Balaban J connectivity index is 2.08. The van der Waals surface area contributed by atoms with Crippen LogP contribution >= 0.6 is 0 Å². The Labute approximate surface area is 101 Å². The molecule has 0 saturated carbocycles. The lowest BCUT2D eigenvalue weighted by molar-refractivity contribution is 0.178. The highest BCUT2D eigenvalue weighted by atomic mass is 16.3. The first-order chi connectivity index (χ1) is 8.19. The van der Waals surface area contributed by atoms with Crippen LogP contribution in [0.3, 0.4) is 0 Å². The summed E-state index contributed by atoms with van der Waals surface area (Å²) in [5.41, 5.74) is 2.96. The molecule has 1 N–H and O–H groups in total. The van der Waals surface area contributed by atoms with Gasteiger partial charge in [-0.3, -0.25) is 9.67 Å². The predicted molar refractivity (Wildman–Crippen MR) is 65.5 cm³/mol. The van der Waals surface area contributed by atoms with Crippen molar-refractivity contribution in [3.8, 4) is 0 Å². The fraction of sp³-hybridized carbons (Fsp3) is 0.385. The van der Waals surface area contributed by atoms with Gasteiger partial charge in [-0.15, -0.1) is 0 Å². The van der Waals surface area contributed by atoms with Crippen molar-refractivity contribution in [2.45, 2.75) is 32.9 Å². The zero-order chi connectivity index (χ0) is 12.3. The molecule has 2 heterocycles. The van der Waals surface area contributed by atoms with Crippen molar-refractivity contribution in [2.24, 2.45) is 0 Å². The number of nitrogens with zero attached hydrogens (tertiary/aromatic N) is 3. The predicted octanol–water partition coefficient (Wildman–Crippen LogP) is 1.88. The molecule has 0 aliphatic carbocycles. The van der Waals surface area contributed by atoms with Gasteiger partial charge < -0.3 is 5.11 Å². The number of rotatable bonds is 4. The van der Waals surface area contributed by atoms with Gasteiger partial charge in [0, 0.05) is 31.6 Å². The van der Waals surface area contributed by atoms with Crippen LogP contribution in [-0.4, -0.2) is 19.9 Å². The largest absolute Gasteiger partial charge is 0.388 e. The van der Waals surface area contributed by atoms with E-state index in [9.17, 15) is 5.11 Å². The minimum Gasteiger partial charge on any atom is -0.388 e. The van der Waals surface area contributed by atoms with Crippen LogP contribution in [0.5, 0.6) is 0 Å². The number of hydrogen-bond donors (Lipinski definition) is 1. The molecule has 0 radical (unpaired) electrons. The normalized spacial score (nSPS) is 12.6. The second-order valence-electron chi connectivity index (χ2n) is 4.22. The topological polar surface area (TPSA) is 50.9 Å². The van der Waals surface area contributed by atoms with Gasteiger partial charge in [0.1, 0.15) is 0 Å². The first-order valence-electron chi connectivity index (χ1n) is 5.80. The molecule has 4 nitrogen and oxygen atoms in total. The summed E-state index contributed by atoms with van der Waals surface area (Å²) in [6.07, 6.45) is 7.32. The number of aliphatic hydroxyl groups is 1. The van der Waals surface area contributed by atoms with Crippen molar-refractivity contribution < 1.29 is 5.11 Å². The molecule has 0 bridgehead atoms. The van der Waals surface area contributed by atoms with Gasteiger partial charge in [-0.25, -0.2) is 0 Å². The second-order valence-corrected chi connectivity index (χ2v) is 4.22. The zero-order valence-corrected chi connectivity index (χ0v) is 10.2. The van der Waals surface area contributed by atoms with Crippen molar-refractivity contribution in [1.29, 1.82) is 0 Å². The van der Waals surface area contributed by atoms with Gasteiger partial charge in [0.15, 0.2) is 0 Å². The lowest BCUT2D eigenvalue weighted by Crippen LogP contribution is -2.02. The van der Waals surface area contributed by atoms with Crippen molar-refractivity contribution in [1.82, 2.24) is 14.8 Å². The molecule has 2 aromatic heterocycles. The molecular weight excluding hydrogens is 214 g/mol. The van der Waals surface area contributed by atoms with Crippen LogP contribution in [-0.2, 0) is 13.0 Å². The molecule has 0 saturated heterocycles. The summed E-state index contributed by atoms with van der Waals surface area (Å²) in [6.45, 7) is 4.86. The summed E-state index contributed by atoms with van der Waals surface area (Å²) in [4.78, 5) is 4.09. The smallest absolute Gasteiger partial charge is 0.0846 e. The first-order valence-corrected chi connectivity index (χ1v) is 5.80. The Morgan fingerprint density at radius 1 is 1.35 bits per heavy atom. The second kappa shape index (κ2) is 5.10. The van der Waals surface area contributed by atoms with Crippen LogP contribution < -0.4 is 0 Å². The third-order valence-electron chi connectivity index (χ3n) is 2.72. The van der Waals surface area contributed by atoms with Crippen LogP contribution in [0.2, 0.25) is 0 Å². The average molecular weight is 231 g/mol. The van der Waals surface area contributed by atoms with E-state index >= 15 is 0 Å². The Morgan fingerprint density at radius 3 is 2.82 bits per heavy atom. The standard InChI is InChI=1S/C13H17N3O/c1-3-16-9-11(7-15-16)5-13(17)12-4-10(2)6-14-8-12/h4,6-9,13,17H,3,5H2,1-2H3. The Bertz CT molecular complexity index is 493. The molecule has 0 fully saturated rings. The van der Waals surface area contributed by atoms with Gasteiger partial charge in [-0.05, 0) is 30.5 Å². The summed E-state index contributed by atoms with van der Waals surface area (Å²) >= 11 is 0. The maximum atomic E-state index is 10.1. The molecule has 0 spiro atoms. The first kappa shape index (κ1) is 11.8. The van der Waals surface area contributed by atoms with E-state index in [-0.39, 0.29) is 0 Å². The van der Waals surface area contributed by atoms with Crippen LogP contribution in [0.4, 0.5) is 0 Å². The van der Waals surface area contributed by atoms with Gasteiger partial charge in [0.2, 0.25) is 0 Å². The fourth-order valence-corrected chi connectivity index (χ4v) is 1.79. The van der Waals surface area contributed by atoms with Crippen molar-refractivity contribution in [2.75, 3.05) is 0 Å². The molecule has 2 rings (SSSR count). The maximum absolute atomic E-state index is 10.1. The summed E-state index contributed by atoms with van der Waals surface area (Å²) in [5, 5.41) is 14.3. The van der Waals surface area contributed by atoms with Gasteiger partial charge in [-0.1, -0.05) is 6.07 Å². The minimum absolute atomic E-state index is 0.517. The number of aryl methyl sites for hydroxylation is 2. The maximum Gasteiger partial charge on any atom is 0.0846 e. The van der Waals surface area contributed by atoms with E-state index < -0.39 is 6.10 Å². The molecule has 0 aliphatic heterocycles. The van der Waals surface area contributed by atoms with Gasteiger partial charge >= 0.3 is 0 Å². The number of pyridine rings is 1. The Hall–Kier alpha value is -1.68. The lowest BCUT2D eigenvalue weighted by Gasteiger charge is -2.09. The molecule has 1 unspecified atom stereocenters. The van der Waals surface area contributed by atoms with Crippen LogP contribution in [0, 0.1) is 6.92 Å². The van der Waals surface area contributed by atoms with Gasteiger partial charge in [0.25, 0.3) is 0 Å². The summed E-state index contributed by atoms with van der Waals surface area (Å²) in [7, 11) is 0. The van der Waals surface area contributed by atoms with E-state index in [0.29, 0.717) is 6.42 Å². The number of aliphatic hydroxyl groups excluding tert-OH is 1.